The highest BCUT2D eigenvalue weighted by Crippen LogP contribution is 2.13. The lowest BCUT2D eigenvalue weighted by atomic mass is 10.3. The molecule has 0 aliphatic heterocycles. The molecule has 0 saturated heterocycles. The number of hydrogen-bond donors (Lipinski definition) is 1. The van der Waals surface area contributed by atoms with E-state index in [1.807, 2.05) is 0 Å². The van der Waals surface area contributed by atoms with Gasteiger partial charge in [-0.2, -0.15) is 5.10 Å². The van der Waals surface area contributed by atoms with Crippen molar-refractivity contribution in [3.63, 3.8) is 0 Å². The number of fused-ring (bicyclic) bond motifs is 1. The van der Waals surface area contributed by atoms with Gasteiger partial charge in [-0.25, -0.2) is 9.50 Å². The molecule has 0 bridgehead atoms. The van der Waals surface area contributed by atoms with Gasteiger partial charge in [0.25, 0.3) is 5.91 Å². The second kappa shape index (κ2) is 4.77. The van der Waals surface area contributed by atoms with Crippen LogP contribution in [0, 0.1) is 0 Å². The normalized spacial score (nSPS) is 10.6. The van der Waals surface area contributed by atoms with Crippen molar-refractivity contribution < 1.29 is 4.79 Å². The number of rotatable bonds is 2. The van der Waals surface area contributed by atoms with Crippen molar-refractivity contribution in [1.82, 2.24) is 19.6 Å². The highest BCUT2D eigenvalue weighted by molar-refractivity contribution is 9.10. The molecule has 0 unspecified atom stereocenters. The Morgan fingerprint density at radius 2 is 2.21 bits per heavy atom. The van der Waals surface area contributed by atoms with Gasteiger partial charge in [0.2, 0.25) is 0 Å². The van der Waals surface area contributed by atoms with Gasteiger partial charge in [-0.3, -0.25) is 9.78 Å². The first-order valence-electron chi connectivity index (χ1n) is 5.45. The second-order valence-corrected chi connectivity index (χ2v) is 4.58. The molecule has 3 aromatic rings. The molecule has 0 radical (unpaired) electrons. The minimum absolute atomic E-state index is 0.270. The molecule has 19 heavy (non-hydrogen) atoms. The Kier molecular flexibility index (Phi) is 2.96. The van der Waals surface area contributed by atoms with Crippen molar-refractivity contribution in [1.29, 1.82) is 0 Å². The Hall–Kier alpha value is -2.28. The van der Waals surface area contributed by atoms with E-state index in [2.05, 4.69) is 36.3 Å². The number of amides is 1. The summed E-state index contributed by atoms with van der Waals surface area (Å²) in [7, 11) is 0. The standard InChI is InChI=1S/C12H8BrN5O/c13-10-2-1-3-11(16-10)17-12(19)8-6-15-18-5-4-14-7-9(8)18/h1-7H,(H,16,17,19). The summed E-state index contributed by atoms with van der Waals surface area (Å²) >= 11 is 3.25. The first-order chi connectivity index (χ1) is 9.24. The zero-order chi connectivity index (χ0) is 13.2. The van der Waals surface area contributed by atoms with Gasteiger partial charge >= 0.3 is 0 Å². The molecule has 3 rings (SSSR count). The lowest BCUT2D eigenvalue weighted by molar-refractivity contribution is 0.102. The minimum Gasteiger partial charge on any atom is -0.306 e. The third-order valence-electron chi connectivity index (χ3n) is 2.53. The number of aromatic nitrogens is 4. The summed E-state index contributed by atoms with van der Waals surface area (Å²) < 4.78 is 2.25. The lowest BCUT2D eigenvalue weighted by Crippen LogP contribution is -2.12. The van der Waals surface area contributed by atoms with Crippen molar-refractivity contribution >= 4 is 33.2 Å². The zero-order valence-corrected chi connectivity index (χ0v) is 11.2. The first kappa shape index (κ1) is 11.8. The van der Waals surface area contributed by atoms with Gasteiger partial charge in [0, 0.05) is 12.4 Å². The largest absolute Gasteiger partial charge is 0.306 e. The van der Waals surface area contributed by atoms with Gasteiger partial charge in [0.15, 0.2) is 0 Å². The van der Waals surface area contributed by atoms with Crippen LogP contribution in [0.25, 0.3) is 5.52 Å². The molecular formula is C12H8BrN5O. The van der Waals surface area contributed by atoms with Gasteiger partial charge in [-0.05, 0) is 28.1 Å². The van der Waals surface area contributed by atoms with E-state index < -0.39 is 0 Å². The average molecular weight is 318 g/mol. The number of nitrogens with one attached hydrogen (secondary N) is 1. The summed E-state index contributed by atoms with van der Waals surface area (Å²) in [5.41, 5.74) is 1.10. The summed E-state index contributed by atoms with van der Waals surface area (Å²) in [4.78, 5) is 20.3. The van der Waals surface area contributed by atoms with Crippen LogP contribution >= 0.6 is 15.9 Å². The fourth-order valence-corrected chi connectivity index (χ4v) is 2.01. The lowest BCUT2D eigenvalue weighted by Gasteiger charge is -2.03. The third kappa shape index (κ3) is 2.32. The smallest absolute Gasteiger partial charge is 0.260 e. The van der Waals surface area contributed by atoms with Crippen LogP contribution in [0.3, 0.4) is 0 Å². The van der Waals surface area contributed by atoms with Crippen molar-refractivity contribution in [2.75, 3.05) is 5.32 Å². The van der Waals surface area contributed by atoms with Crippen molar-refractivity contribution in [3.8, 4) is 0 Å². The molecule has 0 aromatic carbocycles. The van der Waals surface area contributed by atoms with Gasteiger partial charge in [-0.1, -0.05) is 6.07 Å². The number of carbonyl (C=O) groups excluding carboxylic acids is 1. The van der Waals surface area contributed by atoms with E-state index >= 15 is 0 Å². The molecule has 0 saturated carbocycles. The minimum atomic E-state index is -0.270. The van der Waals surface area contributed by atoms with Gasteiger partial charge in [0.1, 0.15) is 10.4 Å². The van der Waals surface area contributed by atoms with Crippen LogP contribution < -0.4 is 5.32 Å². The topological polar surface area (TPSA) is 72.2 Å². The number of halogens is 1. The van der Waals surface area contributed by atoms with E-state index in [9.17, 15) is 4.79 Å². The summed E-state index contributed by atoms with van der Waals surface area (Å²) in [5.74, 6) is 0.205. The van der Waals surface area contributed by atoms with Gasteiger partial charge in [-0.15, -0.1) is 0 Å². The van der Waals surface area contributed by atoms with E-state index in [-0.39, 0.29) is 5.91 Å². The van der Waals surface area contributed by atoms with E-state index in [4.69, 9.17) is 0 Å². The zero-order valence-electron chi connectivity index (χ0n) is 9.62. The van der Waals surface area contributed by atoms with Crippen LogP contribution in [0.4, 0.5) is 5.82 Å². The maximum atomic E-state index is 12.2. The predicted molar refractivity (Wildman–Crippen MR) is 72.9 cm³/mol. The molecule has 7 heteroatoms. The molecule has 0 aliphatic carbocycles. The summed E-state index contributed by atoms with van der Waals surface area (Å²) in [6.45, 7) is 0. The molecule has 0 atom stereocenters. The van der Waals surface area contributed by atoms with Crippen molar-refractivity contribution in [2.24, 2.45) is 0 Å². The summed E-state index contributed by atoms with van der Waals surface area (Å²) in [6.07, 6.45) is 6.39. The van der Waals surface area contributed by atoms with E-state index in [0.29, 0.717) is 21.5 Å². The molecular weight excluding hydrogens is 310 g/mol. The number of nitrogens with zero attached hydrogens (tertiary/aromatic N) is 4. The molecule has 6 nitrogen and oxygen atoms in total. The maximum absolute atomic E-state index is 12.2. The highest BCUT2D eigenvalue weighted by atomic mass is 79.9. The van der Waals surface area contributed by atoms with Crippen LogP contribution in [-0.4, -0.2) is 25.5 Å². The predicted octanol–water partition coefficient (Wildman–Crippen LogP) is 2.14. The molecule has 0 spiro atoms. The molecule has 1 amide bonds. The van der Waals surface area contributed by atoms with Crippen LogP contribution in [0.5, 0.6) is 0 Å². The van der Waals surface area contributed by atoms with Crippen LogP contribution in [0.15, 0.2) is 47.6 Å². The Balaban J connectivity index is 1.92. The highest BCUT2D eigenvalue weighted by Gasteiger charge is 2.13. The van der Waals surface area contributed by atoms with Crippen LogP contribution in [-0.2, 0) is 0 Å². The number of hydrogen-bond acceptors (Lipinski definition) is 4. The first-order valence-corrected chi connectivity index (χ1v) is 6.24. The van der Waals surface area contributed by atoms with Crippen LogP contribution in [0.2, 0.25) is 0 Å². The number of pyridine rings is 1. The van der Waals surface area contributed by atoms with Crippen molar-refractivity contribution in [2.45, 2.75) is 0 Å². The van der Waals surface area contributed by atoms with Crippen molar-refractivity contribution in [3.05, 3.63) is 53.2 Å². The number of carbonyl (C=O) groups is 1. The average Bonchev–Trinajstić information content (AvgIpc) is 2.82. The van der Waals surface area contributed by atoms with Gasteiger partial charge in [0.05, 0.1) is 23.5 Å². The quantitative estimate of drug-likeness (QED) is 0.735. The molecule has 3 aromatic heterocycles. The van der Waals surface area contributed by atoms with Gasteiger partial charge < -0.3 is 5.32 Å². The Morgan fingerprint density at radius 3 is 3.05 bits per heavy atom. The molecule has 0 fully saturated rings. The SMILES string of the molecule is O=C(Nc1cccc(Br)n1)c1cnn2ccncc12. The fraction of sp³-hybridized carbons (Fsp3) is 0. The molecule has 94 valence electrons. The number of anilines is 1. The van der Waals surface area contributed by atoms with E-state index in [1.54, 1.807) is 41.3 Å². The Bertz CT molecular complexity index is 754. The Labute approximate surface area is 116 Å². The summed E-state index contributed by atoms with van der Waals surface area (Å²) in [5, 5.41) is 6.80. The van der Waals surface area contributed by atoms with E-state index in [1.165, 1.54) is 6.20 Å². The van der Waals surface area contributed by atoms with Crippen LogP contribution in [0.1, 0.15) is 10.4 Å². The fourth-order valence-electron chi connectivity index (χ4n) is 1.67. The monoisotopic (exact) mass is 317 g/mol. The molecule has 0 aliphatic rings. The summed E-state index contributed by atoms with van der Waals surface area (Å²) in [6, 6.07) is 5.30. The third-order valence-corrected chi connectivity index (χ3v) is 2.97. The molecule has 3 heterocycles. The second-order valence-electron chi connectivity index (χ2n) is 3.76. The Morgan fingerprint density at radius 1 is 1.32 bits per heavy atom. The van der Waals surface area contributed by atoms with E-state index in [0.717, 1.165) is 0 Å². The molecule has 1 N–H and O–H groups in total. The maximum Gasteiger partial charge on any atom is 0.260 e.